The van der Waals surface area contributed by atoms with Crippen molar-refractivity contribution in [3.8, 4) is 0 Å². The van der Waals surface area contributed by atoms with Crippen LogP contribution >= 0.6 is 0 Å². The third kappa shape index (κ3) is 3.16. The van der Waals surface area contributed by atoms with E-state index in [2.05, 4.69) is 0 Å². The molecule has 0 aromatic heterocycles. The summed E-state index contributed by atoms with van der Waals surface area (Å²) in [6.45, 7) is 5.87. The number of halogens is 1. The van der Waals surface area contributed by atoms with Gasteiger partial charge in [0.2, 0.25) is 0 Å². The maximum Gasteiger partial charge on any atom is 0.160 e. The van der Waals surface area contributed by atoms with Crippen LogP contribution in [0.4, 0.5) is 4.39 Å². The van der Waals surface area contributed by atoms with Gasteiger partial charge in [-0.2, -0.15) is 0 Å². The van der Waals surface area contributed by atoms with Gasteiger partial charge in [-0.25, -0.2) is 4.39 Å². The molecule has 0 amide bonds. The lowest BCUT2D eigenvalue weighted by Crippen LogP contribution is -2.36. The topological polar surface area (TPSA) is 20.3 Å². The number of rotatable bonds is 5. The smallest absolute Gasteiger partial charge is 0.160 e. The Hall–Kier alpha value is -1.22. The van der Waals surface area contributed by atoms with Crippen molar-refractivity contribution in [2.75, 3.05) is 14.1 Å². The maximum absolute atomic E-state index is 13.3. The van der Waals surface area contributed by atoms with Gasteiger partial charge in [0.05, 0.1) is 6.04 Å². The highest BCUT2D eigenvalue weighted by Crippen LogP contribution is 2.31. The first-order valence-corrected chi connectivity index (χ1v) is 6.26. The van der Waals surface area contributed by atoms with E-state index in [-0.39, 0.29) is 11.6 Å². The Morgan fingerprint density at radius 1 is 1.39 bits per heavy atom. The van der Waals surface area contributed by atoms with Gasteiger partial charge in [0, 0.05) is 5.41 Å². The second-order valence-corrected chi connectivity index (χ2v) is 5.52. The Labute approximate surface area is 109 Å². The van der Waals surface area contributed by atoms with E-state index in [4.69, 9.17) is 0 Å². The van der Waals surface area contributed by atoms with Crippen molar-refractivity contribution in [3.63, 3.8) is 0 Å². The average molecular weight is 251 g/mol. The summed E-state index contributed by atoms with van der Waals surface area (Å²) < 4.78 is 13.3. The minimum Gasteiger partial charge on any atom is -0.297 e. The van der Waals surface area contributed by atoms with Gasteiger partial charge in [0.15, 0.2) is 5.78 Å². The van der Waals surface area contributed by atoms with Crippen LogP contribution in [-0.2, 0) is 4.79 Å². The van der Waals surface area contributed by atoms with E-state index in [0.717, 1.165) is 6.42 Å². The van der Waals surface area contributed by atoms with E-state index in [1.807, 2.05) is 39.8 Å². The lowest BCUT2D eigenvalue weighted by atomic mass is 9.79. The number of likely N-dealkylation sites (N-methyl/N-ethyl adjacent to an activating group) is 1. The summed E-state index contributed by atoms with van der Waals surface area (Å²) >= 11 is 0. The summed E-state index contributed by atoms with van der Waals surface area (Å²) in [5.74, 6) is -0.179. The molecule has 0 aliphatic carbocycles. The Bertz CT molecular complexity index is 426. The standard InChI is InChI=1S/C15H22FNO/c1-6-15(2,3)14(18)13(17(4)5)11-8-7-9-12(16)10-11/h7-10,13H,6H2,1-5H3. The number of carbonyl (C=O) groups is 1. The van der Waals surface area contributed by atoms with Crippen LogP contribution in [0, 0.1) is 11.2 Å². The van der Waals surface area contributed by atoms with Gasteiger partial charge in [-0.1, -0.05) is 32.9 Å². The molecule has 0 heterocycles. The quantitative estimate of drug-likeness (QED) is 0.799. The number of carbonyl (C=O) groups excluding carboxylic acids is 1. The van der Waals surface area contributed by atoms with Crippen LogP contribution in [0.5, 0.6) is 0 Å². The first kappa shape index (κ1) is 14.8. The molecular weight excluding hydrogens is 229 g/mol. The van der Waals surface area contributed by atoms with Crippen LogP contribution in [0.3, 0.4) is 0 Å². The van der Waals surface area contributed by atoms with Crippen molar-refractivity contribution in [1.82, 2.24) is 4.90 Å². The van der Waals surface area contributed by atoms with Gasteiger partial charge >= 0.3 is 0 Å². The van der Waals surface area contributed by atoms with Gasteiger partial charge in [0.1, 0.15) is 5.82 Å². The Morgan fingerprint density at radius 2 is 2.00 bits per heavy atom. The minimum absolute atomic E-state index is 0.126. The fourth-order valence-corrected chi connectivity index (χ4v) is 1.91. The predicted octanol–water partition coefficient (Wildman–Crippen LogP) is 3.43. The molecule has 0 radical (unpaired) electrons. The first-order chi connectivity index (χ1) is 8.29. The summed E-state index contributed by atoms with van der Waals surface area (Å²) in [7, 11) is 3.69. The number of ketones is 1. The van der Waals surface area contributed by atoms with E-state index in [1.165, 1.54) is 12.1 Å². The zero-order chi connectivity index (χ0) is 13.9. The van der Waals surface area contributed by atoms with Crippen LogP contribution in [0.25, 0.3) is 0 Å². The Morgan fingerprint density at radius 3 is 2.44 bits per heavy atom. The molecule has 100 valence electrons. The van der Waals surface area contributed by atoms with Gasteiger partial charge in [-0.3, -0.25) is 9.69 Å². The van der Waals surface area contributed by atoms with Crippen LogP contribution in [0.2, 0.25) is 0 Å². The number of Topliss-reactive ketones (excluding diaryl/α,β-unsaturated/α-hetero) is 1. The summed E-state index contributed by atoms with van der Waals surface area (Å²) in [4.78, 5) is 14.4. The predicted molar refractivity (Wildman–Crippen MR) is 71.9 cm³/mol. The van der Waals surface area contributed by atoms with E-state index >= 15 is 0 Å². The number of benzene rings is 1. The molecule has 0 saturated heterocycles. The zero-order valence-electron chi connectivity index (χ0n) is 11.8. The molecule has 3 heteroatoms. The van der Waals surface area contributed by atoms with Crippen LogP contribution in [0.15, 0.2) is 24.3 Å². The number of hydrogen-bond acceptors (Lipinski definition) is 2. The molecule has 0 aliphatic heterocycles. The fourth-order valence-electron chi connectivity index (χ4n) is 1.91. The second kappa shape index (κ2) is 5.61. The van der Waals surface area contributed by atoms with Crippen molar-refractivity contribution in [3.05, 3.63) is 35.6 Å². The highest BCUT2D eigenvalue weighted by Gasteiger charge is 2.34. The molecule has 0 saturated carbocycles. The van der Waals surface area contributed by atoms with Crippen molar-refractivity contribution in [2.45, 2.75) is 33.2 Å². The first-order valence-electron chi connectivity index (χ1n) is 6.26. The molecule has 0 spiro atoms. The minimum atomic E-state index is -0.402. The summed E-state index contributed by atoms with van der Waals surface area (Å²) in [6, 6.07) is 5.89. The number of hydrogen-bond donors (Lipinski definition) is 0. The second-order valence-electron chi connectivity index (χ2n) is 5.52. The van der Waals surface area contributed by atoms with Crippen LogP contribution in [-0.4, -0.2) is 24.8 Å². The van der Waals surface area contributed by atoms with E-state index in [9.17, 15) is 9.18 Å². The normalized spacial score (nSPS) is 13.7. The average Bonchev–Trinajstić information content (AvgIpc) is 2.28. The molecule has 1 aromatic rings. The molecule has 1 atom stereocenters. The van der Waals surface area contributed by atoms with Crippen LogP contribution in [0.1, 0.15) is 38.8 Å². The Balaban J connectivity index is 3.16. The largest absolute Gasteiger partial charge is 0.297 e. The molecular formula is C15H22FNO. The number of nitrogens with zero attached hydrogens (tertiary/aromatic N) is 1. The lowest BCUT2D eigenvalue weighted by Gasteiger charge is -2.31. The molecule has 1 unspecified atom stereocenters. The molecule has 0 aliphatic rings. The van der Waals surface area contributed by atoms with Gasteiger partial charge in [0.25, 0.3) is 0 Å². The van der Waals surface area contributed by atoms with Crippen molar-refractivity contribution in [2.24, 2.45) is 5.41 Å². The van der Waals surface area contributed by atoms with Crippen molar-refractivity contribution < 1.29 is 9.18 Å². The summed E-state index contributed by atoms with van der Waals surface area (Å²) in [5.41, 5.74) is 0.313. The SMILES string of the molecule is CCC(C)(C)C(=O)C(c1cccc(F)c1)N(C)C. The third-order valence-electron chi connectivity index (χ3n) is 3.48. The van der Waals surface area contributed by atoms with Gasteiger partial charge in [-0.15, -0.1) is 0 Å². The van der Waals surface area contributed by atoms with Gasteiger partial charge < -0.3 is 0 Å². The lowest BCUT2D eigenvalue weighted by molar-refractivity contribution is -0.132. The van der Waals surface area contributed by atoms with E-state index in [1.54, 1.807) is 12.1 Å². The highest BCUT2D eigenvalue weighted by atomic mass is 19.1. The van der Waals surface area contributed by atoms with Gasteiger partial charge in [-0.05, 0) is 38.2 Å². The molecule has 0 N–H and O–H groups in total. The molecule has 0 fully saturated rings. The Kier molecular flexibility index (Phi) is 4.63. The maximum atomic E-state index is 13.3. The molecule has 2 nitrogen and oxygen atoms in total. The monoisotopic (exact) mass is 251 g/mol. The highest BCUT2D eigenvalue weighted by molar-refractivity contribution is 5.90. The molecule has 1 rings (SSSR count). The van der Waals surface area contributed by atoms with E-state index < -0.39 is 11.5 Å². The van der Waals surface area contributed by atoms with Crippen molar-refractivity contribution in [1.29, 1.82) is 0 Å². The van der Waals surface area contributed by atoms with Crippen molar-refractivity contribution >= 4 is 5.78 Å². The van der Waals surface area contributed by atoms with E-state index in [0.29, 0.717) is 5.56 Å². The summed E-state index contributed by atoms with van der Waals surface area (Å²) in [6.07, 6.45) is 0.769. The van der Waals surface area contributed by atoms with Crippen LogP contribution < -0.4 is 0 Å². The molecule has 1 aromatic carbocycles. The molecule has 0 bridgehead atoms. The zero-order valence-corrected chi connectivity index (χ0v) is 11.8. The molecule has 18 heavy (non-hydrogen) atoms. The fraction of sp³-hybridized carbons (Fsp3) is 0.533. The third-order valence-corrected chi connectivity index (χ3v) is 3.48. The summed E-state index contributed by atoms with van der Waals surface area (Å²) in [5, 5.41) is 0.